The summed E-state index contributed by atoms with van der Waals surface area (Å²) in [5, 5.41) is 28.2. The molecular formula is C17H17NO5. The number of methoxy groups -OCH3 is 1. The number of carbonyl (C=O) groups is 1. The Kier molecular flexibility index (Phi) is 4.75. The molecule has 0 spiro atoms. The van der Waals surface area contributed by atoms with Gasteiger partial charge in [-0.2, -0.15) is 0 Å². The maximum absolute atomic E-state index is 12.2. The molecule has 0 atom stereocenters. The highest BCUT2D eigenvalue weighted by molar-refractivity contribution is 6.03. The molecule has 6 nitrogen and oxygen atoms in total. The van der Waals surface area contributed by atoms with Gasteiger partial charge in [-0.3, -0.25) is 4.79 Å². The Hall–Kier alpha value is -3.15. The van der Waals surface area contributed by atoms with Crippen molar-refractivity contribution in [1.29, 1.82) is 0 Å². The van der Waals surface area contributed by atoms with Crippen molar-refractivity contribution < 1.29 is 24.9 Å². The number of carbonyl (C=O) groups excluding carboxylic acids is 1. The smallest absolute Gasteiger partial charge is 0.250 e. The minimum absolute atomic E-state index is 0.00721. The first-order valence-electron chi connectivity index (χ1n) is 6.77. The molecular weight excluding hydrogens is 298 g/mol. The van der Waals surface area contributed by atoms with Crippen LogP contribution in [-0.4, -0.2) is 35.4 Å². The number of nitrogens with zero attached hydrogens (tertiary/aromatic N) is 1. The van der Waals surface area contributed by atoms with E-state index in [1.165, 1.54) is 42.4 Å². The Morgan fingerprint density at radius 1 is 1.04 bits per heavy atom. The van der Waals surface area contributed by atoms with Crippen molar-refractivity contribution in [3.05, 3.63) is 48.0 Å². The minimum atomic E-state index is -0.301. The van der Waals surface area contributed by atoms with Crippen LogP contribution in [0.3, 0.4) is 0 Å². The van der Waals surface area contributed by atoms with E-state index in [9.17, 15) is 20.1 Å². The number of rotatable bonds is 4. The largest absolute Gasteiger partial charge is 0.504 e. The van der Waals surface area contributed by atoms with Gasteiger partial charge in [0, 0.05) is 24.9 Å². The summed E-state index contributed by atoms with van der Waals surface area (Å²) in [7, 11) is 3.02. The molecule has 2 aromatic rings. The first-order chi connectivity index (χ1) is 10.9. The van der Waals surface area contributed by atoms with Crippen LogP contribution in [0.15, 0.2) is 42.5 Å². The highest BCUT2D eigenvalue weighted by Gasteiger charge is 2.11. The summed E-state index contributed by atoms with van der Waals surface area (Å²) in [4.78, 5) is 13.6. The van der Waals surface area contributed by atoms with Crippen molar-refractivity contribution in [2.75, 3.05) is 19.1 Å². The average molecular weight is 315 g/mol. The van der Waals surface area contributed by atoms with E-state index in [1.807, 2.05) is 0 Å². The van der Waals surface area contributed by atoms with Crippen LogP contribution in [0.2, 0.25) is 0 Å². The summed E-state index contributed by atoms with van der Waals surface area (Å²) in [5.41, 5.74) is 1.13. The van der Waals surface area contributed by atoms with Crippen LogP contribution >= 0.6 is 0 Å². The number of ether oxygens (including phenoxy) is 1. The first kappa shape index (κ1) is 16.2. The molecule has 2 aromatic carbocycles. The van der Waals surface area contributed by atoms with E-state index >= 15 is 0 Å². The van der Waals surface area contributed by atoms with Crippen molar-refractivity contribution in [3.63, 3.8) is 0 Å². The lowest BCUT2D eigenvalue weighted by Crippen LogP contribution is -2.23. The van der Waals surface area contributed by atoms with Crippen molar-refractivity contribution >= 4 is 17.7 Å². The Balaban J connectivity index is 2.16. The second-order valence-corrected chi connectivity index (χ2v) is 4.83. The molecule has 0 saturated heterocycles. The second kappa shape index (κ2) is 6.74. The molecule has 0 aliphatic carbocycles. The molecule has 23 heavy (non-hydrogen) atoms. The summed E-state index contributed by atoms with van der Waals surface area (Å²) in [6, 6.07) is 8.85. The van der Waals surface area contributed by atoms with Gasteiger partial charge in [0.2, 0.25) is 0 Å². The molecule has 0 aliphatic heterocycles. The fourth-order valence-corrected chi connectivity index (χ4v) is 1.93. The summed E-state index contributed by atoms with van der Waals surface area (Å²) in [6.45, 7) is 0. The molecule has 3 N–H and O–H groups in total. The average Bonchev–Trinajstić information content (AvgIpc) is 2.55. The Bertz CT molecular complexity index is 755. The van der Waals surface area contributed by atoms with Crippen LogP contribution in [0.4, 0.5) is 5.69 Å². The van der Waals surface area contributed by atoms with Crippen molar-refractivity contribution in [2.45, 2.75) is 0 Å². The van der Waals surface area contributed by atoms with Gasteiger partial charge < -0.3 is 25.0 Å². The van der Waals surface area contributed by atoms with Gasteiger partial charge >= 0.3 is 0 Å². The van der Waals surface area contributed by atoms with E-state index < -0.39 is 0 Å². The predicted molar refractivity (Wildman–Crippen MR) is 86.9 cm³/mol. The molecule has 120 valence electrons. The number of likely N-dealkylation sites (N-methyl/N-ethyl adjacent to an activating group) is 1. The monoisotopic (exact) mass is 315 g/mol. The quantitative estimate of drug-likeness (QED) is 0.596. The Morgan fingerprint density at radius 3 is 2.39 bits per heavy atom. The fourth-order valence-electron chi connectivity index (χ4n) is 1.93. The van der Waals surface area contributed by atoms with E-state index in [0.717, 1.165) is 0 Å². The molecule has 0 unspecified atom stereocenters. The van der Waals surface area contributed by atoms with Crippen molar-refractivity contribution in [3.8, 4) is 23.0 Å². The lowest BCUT2D eigenvalue weighted by molar-refractivity contribution is -0.113. The lowest BCUT2D eigenvalue weighted by atomic mass is 10.2. The van der Waals surface area contributed by atoms with Gasteiger partial charge in [-0.1, -0.05) is 6.07 Å². The number of phenols is 3. The van der Waals surface area contributed by atoms with Crippen molar-refractivity contribution in [1.82, 2.24) is 0 Å². The molecule has 0 aromatic heterocycles. The third-order valence-corrected chi connectivity index (χ3v) is 3.30. The van der Waals surface area contributed by atoms with Crippen LogP contribution < -0.4 is 9.64 Å². The molecule has 0 fully saturated rings. The second-order valence-electron chi connectivity index (χ2n) is 4.83. The molecule has 0 radical (unpaired) electrons. The fraction of sp³-hybridized carbons (Fsp3) is 0.118. The molecule has 0 saturated carbocycles. The van der Waals surface area contributed by atoms with E-state index in [1.54, 1.807) is 25.2 Å². The molecule has 0 bridgehead atoms. The van der Waals surface area contributed by atoms with Gasteiger partial charge in [0.25, 0.3) is 5.91 Å². The van der Waals surface area contributed by atoms with Crippen LogP contribution in [0, 0.1) is 0 Å². The number of phenolic OH excluding ortho intramolecular Hbond substituents is 3. The van der Waals surface area contributed by atoms with E-state index in [2.05, 4.69) is 0 Å². The van der Waals surface area contributed by atoms with E-state index in [-0.39, 0.29) is 28.9 Å². The maximum Gasteiger partial charge on any atom is 0.250 e. The van der Waals surface area contributed by atoms with Gasteiger partial charge in [-0.15, -0.1) is 0 Å². The number of hydrogen-bond acceptors (Lipinski definition) is 5. The number of aromatic hydroxyl groups is 3. The van der Waals surface area contributed by atoms with E-state index in [4.69, 9.17) is 4.74 Å². The SMILES string of the molecule is COc1cc(N(C)C(=O)C=Cc2ccc(O)c(O)c2)ccc1O. The maximum atomic E-state index is 12.2. The number of amides is 1. The third-order valence-electron chi connectivity index (χ3n) is 3.30. The number of anilines is 1. The summed E-state index contributed by atoms with van der Waals surface area (Å²) in [6.07, 6.45) is 2.86. The Labute approximate surface area is 133 Å². The predicted octanol–water partition coefficient (Wildman–Crippen LogP) is 2.49. The zero-order chi connectivity index (χ0) is 17.0. The van der Waals surface area contributed by atoms with Gasteiger partial charge in [0.1, 0.15) is 0 Å². The number of benzene rings is 2. The van der Waals surface area contributed by atoms with Gasteiger partial charge in [-0.05, 0) is 35.9 Å². The zero-order valence-corrected chi connectivity index (χ0v) is 12.7. The summed E-state index contributed by atoms with van der Waals surface area (Å²) >= 11 is 0. The van der Waals surface area contributed by atoms with Gasteiger partial charge in [0.05, 0.1) is 7.11 Å². The summed E-state index contributed by atoms with van der Waals surface area (Å²) in [5.74, 6) is -0.509. The van der Waals surface area contributed by atoms with Crippen LogP contribution in [0.1, 0.15) is 5.56 Å². The van der Waals surface area contributed by atoms with Crippen LogP contribution in [0.25, 0.3) is 6.08 Å². The molecule has 0 heterocycles. The molecule has 1 amide bonds. The van der Waals surface area contributed by atoms with Gasteiger partial charge in [-0.25, -0.2) is 0 Å². The lowest BCUT2D eigenvalue weighted by Gasteiger charge is -2.16. The van der Waals surface area contributed by atoms with Crippen molar-refractivity contribution in [2.24, 2.45) is 0 Å². The molecule has 6 heteroatoms. The standard InChI is InChI=1S/C17H17NO5/c1-18(12-5-7-14(20)16(10-12)23-2)17(22)8-4-11-3-6-13(19)15(21)9-11/h3-10,19-21H,1-2H3. The highest BCUT2D eigenvalue weighted by atomic mass is 16.5. The number of hydrogen-bond donors (Lipinski definition) is 3. The van der Waals surface area contributed by atoms with Crippen LogP contribution in [0.5, 0.6) is 23.0 Å². The van der Waals surface area contributed by atoms with E-state index in [0.29, 0.717) is 11.3 Å². The normalized spacial score (nSPS) is 10.7. The molecule has 2 rings (SSSR count). The minimum Gasteiger partial charge on any atom is -0.504 e. The topological polar surface area (TPSA) is 90.2 Å². The molecule has 0 aliphatic rings. The summed E-state index contributed by atoms with van der Waals surface area (Å²) < 4.78 is 5.01. The van der Waals surface area contributed by atoms with Gasteiger partial charge in [0.15, 0.2) is 23.0 Å². The first-order valence-corrected chi connectivity index (χ1v) is 6.77. The third kappa shape index (κ3) is 3.74. The highest BCUT2D eigenvalue weighted by Crippen LogP contribution is 2.30. The van der Waals surface area contributed by atoms with Crippen LogP contribution in [-0.2, 0) is 4.79 Å². The zero-order valence-electron chi connectivity index (χ0n) is 12.7. The Morgan fingerprint density at radius 2 is 1.74 bits per heavy atom.